The zero-order chi connectivity index (χ0) is 17.9. The first-order valence-corrected chi connectivity index (χ1v) is 9.72. The maximum absolute atomic E-state index is 13.0. The number of pyridine rings is 1. The van der Waals surface area contributed by atoms with Crippen LogP contribution < -0.4 is 0 Å². The van der Waals surface area contributed by atoms with Gasteiger partial charge in [-0.15, -0.1) is 0 Å². The monoisotopic (exact) mass is 353 g/mol. The highest BCUT2D eigenvalue weighted by Gasteiger charge is 2.36. The van der Waals surface area contributed by atoms with Crippen molar-refractivity contribution in [3.05, 3.63) is 42.1 Å². The third-order valence-electron chi connectivity index (χ3n) is 5.88. The number of amides is 1. The molecule has 0 aliphatic carbocycles. The molecule has 0 radical (unpaired) electrons. The number of rotatable bonds is 4. The van der Waals surface area contributed by atoms with Crippen molar-refractivity contribution in [3.63, 3.8) is 0 Å². The molecule has 0 unspecified atom stereocenters. The highest BCUT2D eigenvalue weighted by Crippen LogP contribution is 2.27. The second-order valence-corrected chi connectivity index (χ2v) is 7.69. The minimum Gasteiger partial charge on any atom is -0.396 e. The number of nitrogens with zero attached hydrogens (tertiary/aromatic N) is 3. The van der Waals surface area contributed by atoms with Crippen LogP contribution in [-0.4, -0.2) is 65.1 Å². The van der Waals surface area contributed by atoms with Crippen LogP contribution in [0.2, 0.25) is 0 Å². The summed E-state index contributed by atoms with van der Waals surface area (Å²) in [6, 6.07) is 9.78. The van der Waals surface area contributed by atoms with Gasteiger partial charge in [0.05, 0.1) is 11.1 Å². The molecule has 0 bridgehead atoms. The minimum atomic E-state index is 0.0304. The first-order chi connectivity index (χ1) is 12.7. The average Bonchev–Trinajstić information content (AvgIpc) is 3.10. The maximum Gasteiger partial charge on any atom is 0.255 e. The lowest BCUT2D eigenvalue weighted by Crippen LogP contribution is -2.37. The molecule has 2 aliphatic heterocycles. The average molecular weight is 353 g/mol. The van der Waals surface area contributed by atoms with Crippen LogP contribution in [0.4, 0.5) is 0 Å². The first kappa shape index (κ1) is 17.4. The highest BCUT2D eigenvalue weighted by atomic mass is 16.3. The van der Waals surface area contributed by atoms with E-state index in [0.717, 1.165) is 37.1 Å². The Morgan fingerprint density at radius 1 is 1.12 bits per heavy atom. The number of hydrogen-bond acceptors (Lipinski definition) is 4. The normalized spacial score (nSPS) is 24.3. The molecule has 2 aromatic rings. The molecular formula is C21H27N3O2. The first-order valence-electron chi connectivity index (χ1n) is 9.72. The second kappa shape index (κ2) is 7.72. The zero-order valence-electron chi connectivity index (χ0n) is 15.2. The van der Waals surface area contributed by atoms with Gasteiger partial charge in [0.25, 0.3) is 5.91 Å². The van der Waals surface area contributed by atoms with Gasteiger partial charge in [0.2, 0.25) is 0 Å². The minimum absolute atomic E-state index is 0.0304. The van der Waals surface area contributed by atoms with Crippen LogP contribution in [0.1, 0.15) is 29.6 Å². The molecular weight excluding hydrogens is 326 g/mol. The van der Waals surface area contributed by atoms with E-state index in [4.69, 9.17) is 0 Å². The second-order valence-electron chi connectivity index (χ2n) is 7.69. The van der Waals surface area contributed by atoms with Crippen LogP contribution in [0.25, 0.3) is 10.9 Å². The number of carbonyl (C=O) groups is 1. The summed E-state index contributed by atoms with van der Waals surface area (Å²) in [5, 5.41) is 10.8. The topological polar surface area (TPSA) is 56.7 Å². The lowest BCUT2D eigenvalue weighted by atomic mass is 9.95. The molecule has 138 valence electrons. The van der Waals surface area contributed by atoms with Gasteiger partial charge in [-0.05, 0) is 44.0 Å². The van der Waals surface area contributed by atoms with E-state index in [1.807, 2.05) is 35.2 Å². The van der Waals surface area contributed by atoms with Crippen molar-refractivity contribution < 1.29 is 9.90 Å². The Morgan fingerprint density at radius 3 is 2.69 bits per heavy atom. The van der Waals surface area contributed by atoms with Gasteiger partial charge in [0.1, 0.15) is 0 Å². The lowest BCUT2D eigenvalue weighted by molar-refractivity contribution is 0.0778. The number of likely N-dealkylation sites (tertiary alicyclic amines) is 2. The fourth-order valence-electron chi connectivity index (χ4n) is 4.36. The van der Waals surface area contributed by atoms with Crippen molar-refractivity contribution in [3.8, 4) is 0 Å². The van der Waals surface area contributed by atoms with Gasteiger partial charge in [-0.3, -0.25) is 9.78 Å². The summed E-state index contributed by atoms with van der Waals surface area (Å²) < 4.78 is 0. The molecule has 1 aromatic heterocycles. The molecule has 4 rings (SSSR count). The van der Waals surface area contributed by atoms with Gasteiger partial charge in [-0.2, -0.15) is 0 Å². The van der Waals surface area contributed by atoms with E-state index in [0.29, 0.717) is 18.0 Å². The smallest absolute Gasteiger partial charge is 0.255 e. The molecule has 2 aliphatic rings. The van der Waals surface area contributed by atoms with E-state index in [-0.39, 0.29) is 18.4 Å². The SMILES string of the molecule is O=C(c1cnc2ccccc2c1)N1C[C@@H](CO)[C@@H](CN2CCCCC2)C1. The summed E-state index contributed by atoms with van der Waals surface area (Å²) in [7, 11) is 0. The Hall–Kier alpha value is -1.98. The number of aliphatic hydroxyl groups is 1. The lowest BCUT2D eigenvalue weighted by Gasteiger charge is -2.30. The van der Waals surface area contributed by atoms with Crippen LogP contribution in [0.5, 0.6) is 0 Å². The molecule has 2 atom stereocenters. The van der Waals surface area contributed by atoms with E-state index < -0.39 is 0 Å². The van der Waals surface area contributed by atoms with E-state index in [2.05, 4.69) is 9.88 Å². The molecule has 5 nitrogen and oxygen atoms in total. The summed E-state index contributed by atoms with van der Waals surface area (Å²) in [5.74, 6) is 0.563. The van der Waals surface area contributed by atoms with Crippen molar-refractivity contribution in [1.29, 1.82) is 0 Å². The van der Waals surface area contributed by atoms with Gasteiger partial charge in [0, 0.05) is 43.7 Å². The van der Waals surface area contributed by atoms with E-state index in [1.165, 1.54) is 19.3 Å². The summed E-state index contributed by atoms with van der Waals surface area (Å²) in [4.78, 5) is 21.8. The quantitative estimate of drug-likeness (QED) is 0.917. The van der Waals surface area contributed by atoms with Crippen LogP contribution >= 0.6 is 0 Å². The van der Waals surface area contributed by atoms with Crippen molar-refractivity contribution in [2.75, 3.05) is 39.3 Å². The number of benzene rings is 1. The molecule has 2 fully saturated rings. The summed E-state index contributed by atoms with van der Waals surface area (Å²) in [5.41, 5.74) is 1.54. The molecule has 1 aromatic carbocycles. The number of para-hydroxylation sites is 1. The van der Waals surface area contributed by atoms with Crippen molar-refractivity contribution in [2.24, 2.45) is 11.8 Å². The fourth-order valence-corrected chi connectivity index (χ4v) is 4.36. The van der Waals surface area contributed by atoms with Gasteiger partial charge in [-0.1, -0.05) is 24.6 Å². The Balaban J connectivity index is 1.46. The zero-order valence-corrected chi connectivity index (χ0v) is 15.2. The molecule has 26 heavy (non-hydrogen) atoms. The molecule has 2 saturated heterocycles. The van der Waals surface area contributed by atoms with Crippen LogP contribution in [-0.2, 0) is 0 Å². The molecule has 0 spiro atoms. The molecule has 3 heterocycles. The summed E-state index contributed by atoms with van der Waals surface area (Å²) in [6.07, 6.45) is 5.53. The Kier molecular flexibility index (Phi) is 5.18. The number of fused-ring (bicyclic) bond motifs is 1. The summed E-state index contributed by atoms with van der Waals surface area (Å²) in [6.45, 7) is 4.81. The number of hydrogen-bond donors (Lipinski definition) is 1. The van der Waals surface area contributed by atoms with Crippen molar-refractivity contribution in [2.45, 2.75) is 19.3 Å². The van der Waals surface area contributed by atoms with Gasteiger partial charge in [-0.25, -0.2) is 0 Å². The van der Waals surface area contributed by atoms with Crippen LogP contribution in [0, 0.1) is 11.8 Å². The molecule has 5 heteroatoms. The standard InChI is InChI=1S/C21H27N3O2/c25-15-19-14-24(13-18(19)12-23-8-4-1-5-9-23)21(26)17-10-16-6-2-3-7-20(16)22-11-17/h2-3,6-7,10-11,18-19,25H,1,4-5,8-9,12-15H2/t18-,19-/m0/s1. The molecule has 0 saturated carbocycles. The predicted octanol–water partition coefficient (Wildman–Crippen LogP) is 2.40. The third kappa shape index (κ3) is 3.60. The van der Waals surface area contributed by atoms with E-state index in [1.54, 1.807) is 6.20 Å². The summed E-state index contributed by atoms with van der Waals surface area (Å²) >= 11 is 0. The van der Waals surface area contributed by atoms with Gasteiger partial charge < -0.3 is 14.9 Å². The number of aliphatic hydroxyl groups excluding tert-OH is 1. The Labute approximate surface area is 154 Å². The van der Waals surface area contributed by atoms with Crippen LogP contribution in [0.15, 0.2) is 36.5 Å². The number of carbonyl (C=O) groups excluding carboxylic acids is 1. The maximum atomic E-state index is 13.0. The molecule has 1 amide bonds. The third-order valence-corrected chi connectivity index (χ3v) is 5.88. The number of piperidine rings is 1. The number of aromatic nitrogens is 1. The Morgan fingerprint density at radius 2 is 1.88 bits per heavy atom. The van der Waals surface area contributed by atoms with Gasteiger partial charge >= 0.3 is 0 Å². The highest BCUT2D eigenvalue weighted by molar-refractivity contribution is 5.97. The van der Waals surface area contributed by atoms with E-state index in [9.17, 15) is 9.90 Å². The van der Waals surface area contributed by atoms with Crippen molar-refractivity contribution in [1.82, 2.24) is 14.8 Å². The predicted molar refractivity (Wildman–Crippen MR) is 102 cm³/mol. The Bertz CT molecular complexity index is 773. The largest absolute Gasteiger partial charge is 0.396 e. The fraction of sp³-hybridized carbons (Fsp3) is 0.524. The molecule has 1 N–H and O–H groups in total. The van der Waals surface area contributed by atoms with Gasteiger partial charge in [0.15, 0.2) is 0 Å². The van der Waals surface area contributed by atoms with Crippen molar-refractivity contribution >= 4 is 16.8 Å². The van der Waals surface area contributed by atoms with E-state index >= 15 is 0 Å². The van der Waals surface area contributed by atoms with Crippen LogP contribution in [0.3, 0.4) is 0 Å².